The number of aliphatic carboxylic acids is 1. The van der Waals surface area contributed by atoms with Crippen molar-refractivity contribution in [2.24, 2.45) is 0 Å². The van der Waals surface area contributed by atoms with Gasteiger partial charge in [0.1, 0.15) is 12.5 Å². The van der Waals surface area contributed by atoms with Crippen LogP contribution in [0.3, 0.4) is 0 Å². The second-order valence-electron chi connectivity index (χ2n) is 11.4. The highest BCUT2D eigenvalue weighted by molar-refractivity contribution is 6.01. The molecule has 0 radical (unpaired) electrons. The maximum Gasteiger partial charge on any atom is 0.407 e. The maximum absolute atomic E-state index is 14.1. The molecule has 0 saturated heterocycles. The molecule has 2 aliphatic heterocycles. The van der Waals surface area contributed by atoms with Crippen LogP contribution in [0.4, 0.5) is 4.79 Å². The largest absolute Gasteiger partial charge is 0.493 e. The number of alkyl carbamates (subject to hydrolysis) is 1. The first-order valence-corrected chi connectivity index (χ1v) is 15.2. The minimum absolute atomic E-state index is 0.000296. The number of amides is 2. The molecule has 47 heavy (non-hydrogen) atoms. The summed E-state index contributed by atoms with van der Waals surface area (Å²) in [6.07, 6.45) is -0.641. The molecule has 2 heterocycles. The summed E-state index contributed by atoms with van der Waals surface area (Å²) in [6.45, 7) is 0.189. The van der Waals surface area contributed by atoms with Gasteiger partial charge in [-0.05, 0) is 57.6 Å². The Hall–Kier alpha value is -5.71. The summed E-state index contributed by atoms with van der Waals surface area (Å²) in [7, 11) is 2.89. The van der Waals surface area contributed by atoms with Gasteiger partial charge in [-0.2, -0.15) is 0 Å². The lowest BCUT2D eigenvalue weighted by molar-refractivity contribution is -0.140. The summed E-state index contributed by atoms with van der Waals surface area (Å²) in [5.41, 5.74) is 5.44. The minimum atomic E-state index is -1.17. The first-order chi connectivity index (χ1) is 22.9. The van der Waals surface area contributed by atoms with Gasteiger partial charge in [0.05, 0.1) is 20.3 Å². The molecule has 0 bridgehead atoms. The Morgan fingerprint density at radius 2 is 1.51 bits per heavy atom. The van der Waals surface area contributed by atoms with Crippen LogP contribution in [0, 0.1) is 0 Å². The molecule has 11 nitrogen and oxygen atoms in total. The van der Waals surface area contributed by atoms with Crippen molar-refractivity contribution in [3.63, 3.8) is 0 Å². The zero-order chi connectivity index (χ0) is 32.7. The number of benzene rings is 4. The van der Waals surface area contributed by atoms with E-state index in [4.69, 9.17) is 23.7 Å². The zero-order valence-corrected chi connectivity index (χ0v) is 25.7. The van der Waals surface area contributed by atoms with Crippen molar-refractivity contribution in [3.05, 3.63) is 107 Å². The monoisotopic (exact) mass is 636 g/mol. The van der Waals surface area contributed by atoms with Crippen molar-refractivity contribution in [3.8, 4) is 34.1 Å². The third kappa shape index (κ3) is 5.23. The number of nitrogens with one attached hydrogen (secondary N) is 1. The number of hydrogen-bond acceptors (Lipinski definition) is 8. The lowest BCUT2D eigenvalue weighted by Gasteiger charge is -2.41. The number of carbonyl (C=O) groups excluding carboxylic acids is 2. The molecule has 2 N–H and O–H groups in total. The van der Waals surface area contributed by atoms with Crippen LogP contribution in [-0.4, -0.2) is 68.7 Å². The van der Waals surface area contributed by atoms with Crippen molar-refractivity contribution < 1.29 is 43.2 Å². The molecule has 2 atom stereocenters. The van der Waals surface area contributed by atoms with Crippen molar-refractivity contribution in [2.75, 3.05) is 40.7 Å². The van der Waals surface area contributed by atoms with E-state index >= 15 is 0 Å². The highest BCUT2D eigenvalue weighted by Gasteiger charge is 2.45. The summed E-state index contributed by atoms with van der Waals surface area (Å²) < 4.78 is 27.6. The summed E-state index contributed by atoms with van der Waals surface area (Å²) in [5.74, 6) is -1.25. The van der Waals surface area contributed by atoms with Gasteiger partial charge >= 0.3 is 12.1 Å². The Labute approximate surface area is 270 Å². The van der Waals surface area contributed by atoms with Crippen LogP contribution in [0.2, 0.25) is 0 Å². The number of carbonyl (C=O) groups is 3. The number of methoxy groups -OCH3 is 2. The van der Waals surface area contributed by atoms with E-state index in [-0.39, 0.29) is 38.0 Å². The Kier molecular flexibility index (Phi) is 7.80. The molecule has 0 fully saturated rings. The average molecular weight is 637 g/mol. The number of carboxylic acid groups (broad SMARTS) is 1. The van der Waals surface area contributed by atoms with Crippen molar-refractivity contribution >= 4 is 18.0 Å². The fourth-order valence-corrected chi connectivity index (χ4v) is 6.87. The molecule has 4 aromatic carbocycles. The fraction of sp³-hybridized carbons (Fsp3) is 0.250. The lowest BCUT2D eigenvalue weighted by atomic mass is 9.79. The standard InChI is InChI=1S/C36H32N2O9/c1-43-29-16-25-26(17-30(29)44-2)34(39)38(33(32(25)35(40)41)20-11-12-28-31(15-20)47-19-46-28)14-13-37-36(42)45-18-27-23-9-5-3-7-21(23)22-8-4-6-10-24(22)27/h3-12,15-17,27,32-33H,13-14,18-19H2,1-2H3,(H,37,42)(H,40,41)/t32-,33-/m1/s1. The molecule has 0 aromatic heterocycles. The fourth-order valence-electron chi connectivity index (χ4n) is 6.87. The predicted octanol–water partition coefficient (Wildman–Crippen LogP) is 5.34. The average Bonchev–Trinajstić information content (AvgIpc) is 3.69. The molecule has 0 unspecified atom stereocenters. The molecular formula is C36H32N2O9. The summed E-state index contributed by atoms with van der Waals surface area (Å²) >= 11 is 0. The van der Waals surface area contributed by atoms with E-state index in [1.54, 1.807) is 18.2 Å². The Morgan fingerprint density at radius 1 is 0.851 bits per heavy atom. The number of fused-ring (bicyclic) bond motifs is 5. The topological polar surface area (TPSA) is 133 Å². The van der Waals surface area contributed by atoms with Gasteiger partial charge in [0.15, 0.2) is 23.0 Å². The molecule has 2 amide bonds. The summed E-state index contributed by atoms with van der Waals surface area (Å²) in [4.78, 5) is 41.5. The second kappa shape index (κ2) is 12.2. The van der Waals surface area contributed by atoms with Gasteiger partial charge in [-0.25, -0.2) is 4.79 Å². The third-order valence-electron chi connectivity index (χ3n) is 9.00. The van der Waals surface area contributed by atoms with Crippen molar-refractivity contribution in [1.82, 2.24) is 10.2 Å². The van der Waals surface area contributed by atoms with Crippen LogP contribution in [0.15, 0.2) is 78.9 Å². The molecule has 4 aromatic rings. The maximum atomic E-state index is 14.1. The number of carboxylic acids is 1. The van der Waals surface area contributed by atoms with Crippen molar-refractivity contribution in [1.29, 1.82) is 0 Å². The van der Waals surface area contributed by atoms with E-state index in [1.807, 2.05) is 36.4 Å². The van der Waals surface area contributed by atoms with Crippen LogP contribution in [0.5, 0.6) is 23.0 Å². The van der Waals surface area contributed by atoms with Gasteiger partial charge in [-0.3, -0.25) is 9.59 Å². The van der Waals surface area contributed by atoms with E-state index in [9.17, 15) is 19.5 Å². The number of hydrogen-bond donors (Lipinski definition) is 2. The van der Waals surface area contributed by atoms with E-state index < -0.39 is 29.9 Å². The van der Waals surface area contributed by atoms with Crippen LogP contribution >= 0.6 is 0 Å². The number of ether oxygens (including phenoxy) is 5. The van der Waals surface area contributed by atoms with E-state index in [1.165, 1.54) is 31.3 Å². The SMILES string of the molecule is COc1cc2c(cc1OC)[C@@H](C(=O)O)[C@@H](c1ccc3c(c1)OCO3)N(CCNC(=O)OCC1c3ccccc3-c3ccccc31)C2=O. The highest BCUT2D eigenvalue weighted by Crippen LogP contribution is 2.48. The molecule has 240 valence electrons. The quantitative estimate of drug-likeness (QED) is 0.250. The first kappa shape index (κ1) is 30.0. The predicted molar refractivity (Wildman–Crippen MR) is 169 cm³/mol. The number of nitrogens with zero attached hydrogens (tertiary/aromatic N) is 1. The van der Waals surface area contributed by atoms with Gasteiger partial charge in [0, 0.05) is 24.6 Å². The minimum Gasteiger partial charge on any atom is -0.493 e. The Bertz CT molecular complexity index is 1840. The molecular weight excluding hydrogens is 604 g/mol. The van der Waals surface area contributed by atoms with E-state index in [0.717, 1.165) is 22.3 Å². The van der Waals surface area contributed by atoms with Crippen LogP contribution in [-0.2, 0) is 9.53 Å². The van der Waals surface area contributed by atoms with Gasteiger partial charge in [-0.1, -0.05) is 54.6 Å². The van der Waals surface area contributed by atoms with Crippen LogP contribution in [0.25, 0.3) is 11.1 Å². The molecule has 0 saturated carbocycles. The summed E-state index contributed by atoms with van der Waals surface area (Å²) in [6, 6.07) is 23.3. The molecule has 7 rings (SSSR count). The first-order valence-electron chi connectivity index (χ1n) is 15.2. The smallest absolute Gasteiger partial charge is 0.407 e. The van der Waals surface area contributed by atoms with Gasteiger partial charge in [0.2, 0.25) is 6.79 Å². The molecule has 11 heteroatoms. The highest BCUT2D eigenvalue weighted by atomic mass is 16.7. The lowest BCUT2D eigenvalue weighted by Crippen LogP contribution is -2.47. The van der Waals surface area contributed by atoms with Crippen molar-refractivity contribution in [2.45, 2.75) is 17.9 Å². The molecule has 3 aliphatic rings. The van der Waals surface area contributed by atoms with Gasteiger partial charge < -0.3 is 39.0 Å². The summed E-state index contributed by atoms with van der Waals surface area (Å²) in [5, 5.41) is 13.3. The van der Waals surface area contributed by atoms with Gasteiger partial charge in [0.25, 0.3) is 5.91 Å². The second-order valence-corrected chi connectivity index (χ2v) is 11.4. The molecule has 1 aliphatic carbocycles. The number of rotatable bonds is 9. The van der Waals surface area contributed by atoms with Crippen LogP contribution in [0.1, 0.15) is 50.5 Å². The zero-order valence-electron chi connectivity index (χ0n) is 25.7. The Morgan fingerprint density at radius 3 is 2.19 bits per heavy atom. The Balaban J connectivity index is 1.13. The normalized spacial score (nSPS) is 17.4. The molecule has 0 spiro atoms. The van der Waals surface area contributed by atoms with Gasteiger partial charge in [-0.15, -0.1) is 0 Å². The van der Waals surface area contributed by atoms with Crippen LogP contribution < -0.4 is 24.3 Å². The van der Waals surface area contributed by atoms with E-state index in [0.29, 0.717) is 34.1 Å². The van der Waals surface area contributed by atoms with E-state index in [2.05, 4.69) is 17.4 Å². The third-order valence-corrected chi connectivity index (χ3v) is 9.00.